The minimum Gasteiger partial charge on any atom is -0.508 e. The van der Waals surface area contributed by atoms with Gasteiger partial charge in [-0.15, -0.1) is 0 Å². The maximum atomic E-state index is 12.8. The second-order valence-corrected chi connectivity index (χ2v) is 8.98. The van der Waals surface area contributed by atoms with Gasteiger partial charge in [-0.2, -0.15) is 4.31 Å². The first-order chi connectivity index (χ1) is 14.3. The summed E-state index contributed by atoms with van der Waals surface area (Å²) in [4.78, 5) is 24.1. The average molecular weight is 432 g/mol. The number of anilines is 1. The molecule has 9 heteroatoms. The van der Waals surface area contributed by atoms with Crippen LogP contribution in [0.2, 0.25) is 0 Å². The summed E-state index contributed by atoms with van der Waals surface area (Å²) in [5.41, 5.74) is 0.960. The number of carbonyl (C=O) groups is 2. The molecule has 0 radical (unpaired) electrons. The molecule has 1 fully saturated rings. The molecule has 1 aliphatic rings. The highest BCUT2D eigenvalue weighted by molar-refractivity contribution is 7.89. The SMILES string of the molecule is O=C(COC(=O)Cc1ccc(O)cc1)Nc1cccc(S(=O)(=O)N2CCCCC2)c1. The van der Waals surface area contributed by atoms with Crippen LogP contribution in [0.4, 0.5) is 5.69 Å². The zero-order valence-corrected chi connectivity index (χ0v) is 17.2. The highest BCUT2D eigenvalue weighted by Crippen LogP contribution is 2.22. The fraction of sp³-hybridized carbons (Fsp3) is 0.333. The number of carbonyl (C=O) groups excluding carboxylic acids is 2. The molecule has 30 heavy (non-hydrogen) atoms. The van der Waals surface area contributed by atoms with Crippen molar-refractivity contribution in [3.8, 4) is 5.75 Å². The van der Waals surface area contributed by atoms with Gasteiger partial charge in [0.15, 0.2) is 6.61 Å². The molecule has 0 unspecified atom stereocenters. The first-order valence-electron chi connectivity index (χ1n) is 9.68. The number of ether oxygens (including phenoxy) is 1. The number of benzene rings is 2. The predicted molar refractivity (Wildman–Crippen MR) is 110 cm³/mol. The maximum Gasteiger partial charge on any atom is 0.310 e. The average Bonchev–Trinajstić information content (AvgIpc) is 2.75. The van der Waals surface area contributed by atoms with Gasteiger partial charge < -0.3 is 15.2 Å². The van der Waals surface area contributed by atoms with Gasteiger partial charge in [0.1, 0.15) is 5.75 Å². The number of amides is 1. The van der Waals surface area contributed by atoms with Gasteiger partial charge in [-0.3, -0.25) is 9.59 Å². The first kappa shape index (κ1) is 21.8. The molecule has 2 aromatic carbocycles. The van der Waals surface area contributed by atoms with Gasteiger partial charge in [0.05, 0.1) is 11.3 Å². The van der Waals surface area contributed by atoms with Crippen molar-refractivity contribution in [3.63, 3.8) is 0 Å². The lowest BCUT2D eigenvalue weighted by molar-refractivity contribution is -0.146. The van der Waals surface area contributed by atoms with E-state index in [2.05, 4.69) is 5.32 Å². The molecular weight excluding hydrogens is 408 g/mol. The Balaban J connectivity index is 1.54. The summed E-state index contributed by atoms with van der Waals surface area (Å²) in [7, 11) is -3.60. The Morgan fingerprint density at radius 3 is 2.43 bits per heavy atom. The standard InChI is InChI=1S/C21H24N2O6S/c24-18-9-7-16(8-10-18)13-21(26)29-15-20(25)22-17-5-4-6-19(14-17)30(27,28)23-11-2-1-3-12-23/h4-10,14,24H,1-3,11-13,15H2,(H,22,25). The number of nitrogens with zero attached hydrogens (tertiary/aromatic N) is 1. The molecule has 0 atom stereocenters. The lowest BCUT2D eigenvalue weighted by atomic mass is 10.1. The number of rotatable bonds is 7. The summed E-state index contributed by atoms with van der Waals surface area (Å²) >= 11 is 0. The molecule has 0 aromatic heterocycles. The number of phenolic OH excluding ortho intramolecular Hbond substituents is 1. The van der Waals surface area contributed by atoms with Crippen molar-refractivity contribution in [2.24, 2.45) is 0 Å². The van der Waals surface area contributed by atoms with Crippen molar-refractivity contribution in [1.82, 2.24) is 4.31 Å². The van der Waals surface area contributed by atoms with Gasteiger partial charge in [-0.05, 0) is 48.7 Å². The van der Waals surface area contributed by atoms with Crippen LogP contribution in [0.25, 0.3) is 0 Å². The monoisotopic (exact) mass is 432 g/mol. The number of phenols is 1. The number of piperidine rings is 1. The van der Waals surface area contributed by atoms with Crippen LogP contribution >= 0.6 is 0 Å². The van der Waals surface area contributed by atoms with Crippen molar-refractivity contribution in [2.75, 3.05) is 25.0 Å². The molecule has 1 amide bonds. The molecular formula is C21H24N2O6S. The third-order valence-corrected chi connectivity index (χ3v) is 6.61. The van der Waals surface area contributed by atoms with Crippen molar-refractivity contribution in [3.05, 3.63) is 54.1 Å². The van der Waals surface area contributed by atoms with Crippen molar-refractivity contribution in [2.45, 2.75) is 30.6 Å². The summed E-state index contributed by atoms with van der Waals surface area (Å²) < 4.78 is 31.9. The van der Waals surface area contributed by atoms with E-state index in [1.54, 1.807) is 24.3 Å². The molecule has 1 saturated heterocycles. The lowest BCUT2D eigenvalue weighted by Crippen LogP contribution is -2.35. The molecule has 3 rings (SSSR count). The zero-order valence-electron chi connectivity index (χ0n) is 16.4. The lowest BCUT2D eigenvalue weighted by Gasteiger charge is -2.26. The normalized spacial score (nSPS) is 14.8. The molecule has 2 N–H and O–H groups in total. The minimum atomic E-state index is -3.60. The molecule has 1 heterocycles. The summed E-state index contributed by atoms with van der Waals surface area (Å²) in [6.45, 7) is 0.506. The highest BCUT2D eigenvalue weighted by Gasteiger charge is 2.26. The van der Waals surface area contributed by atoms with E-state index < -0.39 is 28.5 Å². The molecule has 0 aliphatic carbocycles. The van der Waals surface area contributed by atoms with Gasteiger partial charge in [0.2, 0.25) is 10.0 Å². The molecule has 1 aliphatic heterocycles. The quantitative estimate of drug-likeness (QED) is 0.649. The maximum absolute atomic E-state index is 12.8. The van der Waals surface area contributed by atoms with Crippen LogP contribution < -0.4 is 5.32 Å². The van der Waals surface area contributed by atoms with Crippen molar-refractivity contribution < 1.29 is 27.9 Å². The van der Waals surface area contributed by atoms with E-state index in [1.165, 1.54) is 28.6 Å². The highest BCUT2D eigenvalue weighted by atomic mass is 32.2. The van der Waals surface area contributed by atoms with Crippen molar-refractivity contribution in [1.29, 1.82) is 0 Å². The van der Waals surface area contributed by atoms with Crippen LogP contribution in [0.1, 0.15) is 24.8 Å². The number of aromatic hydroxyl groups is 1. The summed E-state index contributed by atoms with van der Waals surface area (Å²) in [5, 5.41) is 11.8. The van der Waals surface area contributed by atoms with E-state index in [0.29, 0.717) is 24.3 Å². The van der Waals surface area contributed by atoms with Crippen LogP contribution in [-0.2, 0) is 30.8 Å². The summed E-state index contributed by atoms with van der Waals surface area (Å²) in [6, 6.07) is 12.1. The number of nitrogens with one attached hydrogen (secondary N) is 1. The fourth-order valence-corrected chi connectivity index (χ4v) is 4.73. The Bertz CT molecular complexity index is 998. The van der Waals surface area contributed by atoms with Gasteiger partial charge in [0.25, 0.3) is 5.91 Å². The molecule has 8 nitrogen and oxygen atoms in total. The topological polar surface area (TPSA) is 113 Å². The predicted octanol–water partition coefficient (Wildman–Crippen LogP) is 2.29. The second kappa shape index (κ2) is 9.73. The fourth-order valence-electron chi connectivity index (χ4n) is 3.16. The minimum absolute atomic E-state index is 0.0306. The molecule has 0 bridgehead atoms. The number of sulfonamides is 1. The molecule has 160 valence electrons. The van der Waals surface area contributed by atoms with Gasteiger partial charge >= 0.3 is 5.97 Å². The Labute approximate surface area is 175 Å². The molecule has 0 saturated carbocycles. The summed E-state index contributed by atoms with van der Waals surface area (Å²) in [5.74, 6) is -1.06. The van der Waals surface area contributed by atoms with Crippen LogP contribution in [0.5, 0.6) is 5.75 Å². The number of esters is 1. The number of hydrogen-bond donors (Lipinski definition) is 2. The van der Waals surface area contributed by atoms with E-state index in [1.807, 2.05) is 0 Å². The third kappa shape index (κ3) is 5.80. The third-order valence-electron chi connectivity index (χ3n) is 4.72. The van der Waals surface area contributed by atoms with Crippen LogP contribution in [-0.4, -0.2) is 49.4 Å². The van der Waals surface area contributed by atoms with Crippen LogP contribution in [0.3, 0.4) is 0 Å². The van der Waals surface area contributed by atoms with Crippen LogP contribution in [0.15, 0.2) is 53.4 Å². The largest absolute Gasteiger partial charge is 0.508 e. The molecule has 0 spiro atoms. The van der Waals surface area contributed by atoms with Gasteiger partial charge in [-0.1, -0.05) is 24.6 Å². The van der Waals surface area contributed by atoms with Crippen LogP contribution in [0, 0.1) is 0 Å². The second-order valence-electron chi connectivity index (χ2n) is 7.04. The Hall–Kier alpha value is -2.91. The van der Waals surface area contributed by atoms with Gasteiger partial charge in [0, 0.05) is 18.8 Å². The Morgan fingerprint density at radius 2 is 1.73 bits per heavy atom. The van der Waals surface area contributed by atoms with Gasteiger partial charge in [-0.25, -0.2) is 8.42 Å². The van der Waals surface area contributed by atoms with Crippen molar-refractivity contribution >= 4 is 27.6 Å². The first-order valence-corrected chi connectivity index (χ1v) is 11.1. The zero-order chi connectivity index (χ0) is 21.6. The Kier molecular flexibility index (Phi) is 7.07. The number of hydrogen-bond acceptors (Lipinski definition) is 6. The van der Waals surface area contributed by atoms with E-state index >= 15 is 0 Å². The smallest absolute Gasteiger partial charge is 0.310 e. The summed E-state index contributed by atoms with van der Waals surface area (Å²) in [6.07, 6.45) is 2.67. The van der Waals surface area contributed by atoms with E-state index in [9.17, 15) is 23.1 Å². The Morgan fingerprint density at radius 1 is 1.03 bits per heavy atom. The molecule has 2 aromatic rings. The van der Waals surface area contributed by atoms with E-state index in [-0.39, 0.29) is 17.1 Å². The van der Waals surface area contributed by atoms with E-state index in [4.69, 9.17) is 4.74 Å². The van der Waals surface area contributed by atoms with E-state index in [0.717, 1.165) is 19.3 Å².